The van der Waals surface area contributed by atoms with E-state index in [4.69, 9.17) is 13.9 Å². The summed E-state index contributed by atoms with van der Waals surface area (Å²) >= 11 is 0. The van der Waals surface area contributed by atoms with Gasteiger partial charge in [0.15, 0.2) is 0 Å². The second kappa shape index (κ2) is 7.05. The van der Waals surface area contributed by atoms with Gasteiger partial charge in [-0.3, -0.25) is 4.79 Å². The third kappa shape index (κ3) is 3.43. The first-order chi connectivity index (χ1) is 11.6. The molecule has 6 nitrogen and oxygen atoms in total. The molecule has 1 aliphatic rings. The Hall–Kier alpha value is -2.34. The maximum atomic E-state index is 12.9. The third-order valence-electron chi connectivity index (χ3n) is 3.94. The number of aryl methyl sites for hydroxylation is 2. The molecule has 3 heterocycles. The van der Waals surface area contributed by atoms with Crippen LogP contribution in [0.15, 0.2) is 28.7 Å². The lowest BCUT2D eigenvalue weighted by Gasteiger charge is -2.32. The lowest BCUT2D eigenvalue weighted by atomic mass is 10.1. The summed E-state index contributed by atoms with van der Waals surface area (Å²) < 4.78 is 16.9. The van der Waals surface area contributed by atoms with Crippen LogP contribution in [-0.4, -0.2) is 42.1 Å². The minimum Gasteiger partial charge on any atom is -0.477 e. The van der Waals surface area contributed by atoms with Crippen LogP contribution >= 0.6 is 0 Å². The van der Waals surface area contributed by atoms with E-state index < -0.39 is 0 Å². The van der Waals surface area contributed by atoms with E-state index in [2.05, 4.69) is 4.98 Å². The smallest absolute Gasteiger partial charge is 0.259 e. The first-order valence-electron chi connectivity index (χ1n) is 8.16. The van der Waals surface area contributed by atoms with Gasteiger partial charge in [-0.2, -0.15) is 0 Å². The molecule has 3 rings (SSSR count). The van der Waals surface area contributed by atoms with Gasteiger partial charge in [-0.15, -0.1) is 0 Å². The summed E-state index contributed by atoms with van der Waals surface area (Å²) in [7, 11) is 0. The molecule has 1 saturated heterocycles. The van der Waals surface area contributed by atoms with Gasteiger partial charge in [-0.05, 0) is 45.0 Å². The minimum absolute atomic E-state index is 0.0949. The highest BCUT2D eigenvalue weighted by atomic mass is 16.5. The van der Waals surface area contributed by atoms with Crippen LogP contribution in [0.3, 0.4) is 0 Å². The number of morpholine rings is 1. The zero-order chi connectivity index (χ0) is 17.1. The van der Waals surface area contributed by atoms with Crippen molar-refractivity contribution in [3.05, 3.63) is 47.0 Å². The topological polar surface area (TPSA) is 64.8 Å². The predicted molar refractivity (Wildman–Crippen MR) is 88.2 cm³/mol. The van der Waals surface area contributed by atoms with Gasteiger partial charge in [0, 0.05) is 12.2 Å². The van der Waals surface area contributed by atoms with Gasteiger partial charge in [0.25, 0.3) is 5.91 Å². The lowest BCUT2D eigenvalue weighted by molar-refractivity contribution is -0.0325. The van der Waals surface area contributed by atoms with Crippen LogP contribution < -0.4 is 4.74 Å². The molecular formula is C18H22N2O4. The van der Waals surface area contributed by atoms with E-state index in [9.17, 15) is 4.79 Å². The van der Waals surface area contributed by atoms with Crippen molar-refractivity contribution in [1.29, 1.82) is 0 Å². The highest BCUT2D eigenvalue weighted by molar-refractivity contribution is 5.96. The molecule has 1 atom stereocenters. The quantitative estimate of drug-likeness (QED) is 0.862. The molecule has 0 aromatic carbocycles. The van der Waals surface area contributed by atoms with Crippen molar-refractivity contribution in [3.8, 4) is 5.88 Å². The molecule has 0 N–H and O–H groups in total. The van der Waals surface area contributed by atoms with E-state index in [-0.39, 0.29) is 12.0 Å². The minimum atomic E-state index is -0.245. The van der Waals surface area contributed by atoms with Crippen molar-refractivity contribution in [2.24, 2.45) is 0 Å². The Labute approximate surface area is 141 Å². The molecule has 2 aromatic rings. The molecular weight excluding hydrogens is 308 g/mol. The highest BCUT2D eigenvalue weighted by Gasteiger charge is 2.29. The largest absolute Gasteiger partial charge is 0.477 e. The van der Waals surface area contributed by atoms with E-state index in [1.54, 1.807) is 11.0 Å². The van der Waals surface area contributed by atoms with Crippen molar-refractivity contribution < 1.29 is 18.7 Å². The maximum Gasteiger partial charge on any atom is 0.259 e. The zero-order valence-electron chi connectivity index (χ0n) is 14.2. The fourth-order valence-corrected chi connectivity index (χ4v) is 2.75. The monoisotopic (exact) mass is 330 g/mol. The standard InChI is InChI=1S/C18H22N2O4/c1-4-22-17-14(7-5-12(2)19-17)18(21)20-9-10-23-16(11-20)15-8-6-13(3)24-15/h5-8,16H,4,9-11H2,1-3H3/t16-/m0/s1. The molecule has 24 heavy (non-hydrogen) atoms. The molecule has 0 saturated carbocycles. The first kappa shape index (κ1) is 16.5. The maximum absolute atomic E-state index is 12.9. The van der Waals surface area contributed by atoms with Gasteiger partial charge in [0.05, 0.1) is 19.8 Å². The molecule has 1 fully saturated rings. The molecule has 0 spiro atoms. The molecule has 1 aliphatic heterocycles. The summed E-state index contributed by atoms with van der Waals surface area (Å²) in [5, 5.41) is 0. The molecule has 0 radical (unpaired) electrons. The van der Waals surface area contributed by atoms with Gasteiger partial charge in [0.2, 0.25) is 5.88 Å². The Kier molecular flexibility index (Phi) is 4.85. The number of amides is 1. The number of carbonyl (C=O) groups is 1. The van der Waals surface area contributed by atoms with Crippen LogP contribution in [0.1, 0.15) is 40.6 Å². The van der Waals surface area contributed by atoms with Crippen molar-refractivity contribution in [2.45, 2.75) is 26.9 Å². The number of aromatic nitrogens is 1. The van der Waals surface area contributed by atoms with Crippen LogP contribution in [-0.2, 0) is 4.74 Å². The third-order valence-corrected chi connectivity index (χ3v) is 3.94. The summed E-state index contributed by atoms with van der Waals surface area (Å²) in [6, 6.07) is 7.39. The number of hydrogen-bond donors (Lipinski definition) is 0. The average molecular weight is 330 g/mol. The second-order valence-corrected chi connectivity index (χ2v) is 5.80. The number of ether oxygens (including phenoxy) is 2. The predicted octanol–water partition coefficient (Wildman–Crippen LogP) is 2.90. The van der Waals surface area contributed by atoms with E-state index in [0.717, 1.165) is 17.2 Å². The van der Waals surface area contributed by atoms with E-state index in [0.29, 0.717) is 37.7 Å². The summed E-state index contributed by atoms with van der Waals surface area (Å²) in [4.78, 5) is 19.0. The van der Waals surface area contributed by atoms with Crippen LogP contribution in [0.2, 0.25) is 0 Å². The van der Waals surface area contributed by atoms with Gasteiger partial charge in [-0.25, -0.2) is 4.98 Å². The second-order valence-electron chi connectivity index (χ2n) is 5.80. The Morgan fingerprint density at radius 2 is 2.17 bits per heavy atom. The first-order valence-corrected chi connectivity index (χ1v) is 8.16. The molecule has 2 aromatic heterocycles. The van der Waals surface area contributed by atoms with Crippen molar-refractivity contribution in [2.75, 3.05) is 26.3 Å². The van der Waals surface area contributed by atoms with Crippen LogP contribution in [0.5, 0.6) is 5.88 Å². The highest BCUT2D eigenvalue weighted by Crippen LogP contribution is 2.26. The fraction of sp³-hybridized carbons (Fsp3) is 0.444. The van der Waals surface area contributed by atoms with Crippen molar-refractivity contribution >= 4 is 5.91 Å². The molecule has 0 bridgehead atoms. The Balaban J connectivity index is 1.79. The normalized spacial score (nSPS) is 17.8. The Morgan fingerprint density at radius 1 is 1.33 bits per heavy atom. The summed E-state index contributed by atoms with van der Waals surface area (Å²) in [5.74, 6) is 1.87. The Morgan fingerprint density at radius 3 is 2.88 bits per heavy atom. The molecule has 0 unspecified atom stereocenters. The zero-order valence-corrected chi connectivity index (χ0v) is 14.2. The Bertz CT molecular complexity index is 726. The van der Waals surface area contributed by atoms with Gasteiger partial charge < -0.3 is 18.8 Å². The number of pyridine rings is 1. The van der Waals surface area contributed by atoms with Crippen LogP contribution in [0, 0.1) is 13.8 Å². The molecule has 128 valence electrons. The van der Waals surface area contributed by atoms with E-state index >= 15 is 0 Å². The van der Waals surface area contributed by atoms with Gasteiger partial charge in [0.1, 0.15) is 23.2 Å². The lowest BCUT2D eigenvalue weighted by Crippen LogP contribution is -2.42. The van der Waals surface area contributed by atoms with Gasteiger partial charge in [-0.1, -0.05) is 0 Å². The van der Waals surface area contributed by atoms with E-state index in [1.165, 1.54) is 0 Å². The number of hydrogen-bond acceptors (Lipinski definition) is 5. The SMILES string of the molecule is CCOc1nc(C)ccc1C(=O)N1CCO[C@H](c2ccc(C)o2)C1. The van der Waals surface area contributed by atoms with Crippen molar-refractivity contribution in [1.82, 2.24) is 9.88 Å². The van der Waals surface area contributed by atoms with Gasteiger partial charge >= 0.3 is 0 Å². The van der Waals surface area contributed by atoms with E-state index in [1.807, 2.05) is 39.0 Å². The van der Waals surface area contributed by atoms with Crippen LogP contribution in [0.25, 0.3) is 0 Å². The fourth-order valence-electron chi connectivity index (χ4n) is 2.75. The summed E-state index contributed by atoms with van der Waals surface area (Å²) in [6.07, 6.45) is -0.245. The molecule has 0 aliphatic carbocycles. The van der Waals surface area contributed by atoms with Crippen LogP contribution in [0.4, 0.5) is 0 Å². The number of carbonyl (C=O) groups excluding carboxylic acids is 1. The molecule has 1 amide bonds. The summed E-state index contributed by atoms with van der Waals surface area (Å²) in [6.45, 7) is 7.57. The number of furan rings is 1. The average Bonchev–Trinajstić information content (AvgIpc) is 3.01. The number of rotatable bonds is 4. The summed E-state index contributed by atoms with van der Waals surface area (Å²) in [5.41, 5.74) is 1.31. The molecule has 6 heteroatoms. The number of nitrogens with zero attached hydrogens (tertiary/aromatic N) is 2. The van der Waals surface area contributed by atoms with Crippen molar-refractivity contribution in [3.63, 3.8) is 0 Å².